The molecule has 1 unspecified atom stereocenters. The van der Waals surface area contributed by atoms with Gasteiger partial charge in [0.1, 0.15) is 11.4 Å². The number of benzene rings is 1. The maximum atomic E-state index is 12.7. The second-order valence-electron chi connectivity index (χ2n) is 5.42. The normalized spacial score (nSPS) is 16.7. The molecule has 23 heavy (non-hydrogen) atoms. The number of ether oxygens (including phenoxy) is 1. The first kappa shape index (κ1) is 14.1. The summed E-state index contributed by atoms with van der Waals surface area (Å²) in [4.78, 5) is 19.9. The first-order valence-corrected chi connectivity index (χ1v) is 7.76. The molecule has 1 aliphatic heterocycles. The predicted octanol–water partition coefficient (Wildman–Crippen LogP) is 3.47. The first-order chi connectivity index (χ1) is 11.2. The van der Waals surface area contributed by atoms with Gasteiger partial charge in [0.2, 0.25) is 0 Å². The molecule has 3 aromatic rings. The minimum absolute atomic E-state index is 0.119. The molecule has 0 radical (unpaired) electrons. The minimum Gasteiger partial charge on any atom is -0.492 e. The molecule has 0 fully saturated rings. The molecule has 3 heterocycles. The highest BCUT2D eigenvalue weighted by Gasteiger charge is 2.25. The van der Waals surface area contributed by atoms with Gasteiger partial charge in [-0.1, -0.05) is 23.7 Å². The van der Waals surface area contributed by atoms with E-state index in [2.05, 4.69) is 15.3 Å². The van der Waals surface area contributed by atoms with E-state index >= 15 is 0 Å². The SMILES string of the molecule is O=C(NC1CCOc2c(Cl)cccc21)c1c[nH]c2ncccc12. The number of nitrogens with zero attached hydrogens (tertiary/aromatic N) is 1. The lowest BCUT2D eigenvalue weighted by molar-refractivity contribution is 0.0926. The molecule has 1 aliphatic rings. The van der Waals surface area contributed by atoms with Crippen LogP contribution in [0.25, 0.3) is 11.0 Å². The fourth-order valence-electron chi connectivity index (χ4n) is 2.92. The van der Waals surface area contributed by atoms with Crippen LogP contribution in [0, 0.1) is 0 Å². The van der Waals surface area contributed by atoms with Crippen LogP contribution in [0.4, 0.5) is 0 Å². The van der Waals surface area contributed by atoms with Crippen molar-refractivity contribution in [2.75, 3.05) is 6.61 Å². The number of carbonyl (C=O) groups excluding carboxylic acids is 1. The highest BCUT2D eigenvalue weighted by molar-refractivity contribution is 6.32. The molecule has 0 aliphatic carbocycles. The number of aromatic nitrogens is 2. The zero-order valence-electron chi connectivity index (χ0n) is 12.2. The van der Waals surface area contributed by atoms with E-state index < -0.39 is 0 Å². The van der Waals surface area contributed by atoms with Crippen LogP contribution >= 0.6 is 11.6 Å². The fraction of sp³-hybridized carbons (Fsp3) is 0.176. The Morgan fingerprint density at radius 3 is 3.17 bits per heavy atom. The molecular formula is C17H14ClN3O2. The van der Waals surface area contributed by atoms with E-state index in [1.807, 2.05) is 24.3 Å². The number of amides is 1. The van der Waals surface area contributed by atoms with Gasteiger partial charge in [0.25, 0.3) is 5.91 Å². The van der Waals surface area contributed by atoms with E-state index in [9.17, 15) is 4.79 Å². The number of nitrogens with one attached hydrogen (secondary N) is 2. The Labute approximate surface area is 137 Å². The van der Waals surface area contributed by atoms with Crippen molar-refractivity contribution in [1.82, 2.24) is 15.3 Å². The van der Waals surface area contributed by atoms with Crippen LogP contribution in [0.15, 0.2) is 42.7 Å². The summed E-state index contributed by atoms with van der Waals surface area (Å²) in [6, 6.07) is 9.16. The molecule has 0 spiro atoms. The number of carbonyl (C=O) groups is 1. The lowest BCUT2D eigenvalue weighted by Gasteiger charge is -2.27. The van der Waals surface area contributed by atoms with Gasteiger partial charge in [-0.05, 0) is 18.2 Å². The van der Waals surface area contributed by atoms with Gasteiger partial charge in [0.15, 0.2) is 0 Å². The summed E-state index contributed by atoms with van der Waals surface area (Å²) < 4.78 is 5.63. The smallest absolute Gasteiger partial charge is 0.253 e. The number of hydrogen-bond donors (Lipinski definition) is 2. The molecule has 4 rings (SSSR count). The number of rotatable bonds is 2. The highest BCUT2D eigenvalue weighted by atomic mass is 35.5. The van der Waals surface area contributed by atoms with Crippen molar-refractivity contribution in [1.29, 1.82) is 0 Å². The van der Waals surface area contributed by atoms with Crippen LogP contribution in [-0.4, -0.2) is 22.5 Å². The Balaban J connectivity index is 1.64. The molecule has 6 heteroatoms. The molecule has 0 bridgehead atoms. The Bertz CT molecular complexity index is 890. The van der Waals surface area contributed by atoms with Crippen molar-refractivity contribution in [3.8, 4) is 5.75 Å². The standard InChI is InChI=1S/C17H14ClN3O2/c18-13-5-1-3-11-14(6-8-23-15(11)13)21-17(22)12-9-20-16-10(12)4-2-7-19-16/h1-5,7,9,14H,6,8H2,(H,19,20)(H,21,22). The van der Waals surface area contributed by atoms with E-state index in [-0.39, 0.29) is 11.9 Å². The number of H-pyrrole nitrogens is 1. The lowest BCUT2D eigenvalue weighted by atomic mass is 10.00. The predicted molar refractivity (Wildman–Crippen MR) is 87.9 cm³/mol. The summed E-state index contributed by atoms with van der Waals surface area (Å²) >= 11 is 6.17. The molecule has 2 aromatic heterocycles. The van der Waals surface area contributed by atoms with Gasteiger partial charge in [0.05, 0.1) is 23.2 Å². The Kier molecular flexibility index (Phi) is 3.42. The second-order valence-corrected chi connectivity index (χ2v) is 5.83. The van der Waals surface area contributed by atoms with Crippen LogP contribution < -0.4 is 10.1 Å². The van der Waals surface area contributed by atoms with Crippen LogP contribution in [0.3, 0.4) is 0 Å². The third-order valence-corrected chi connectivity index (χ3v) is 4.32. The maximum Gasteiger partial charge on any atom is 0.253 e. The van der Waals surface area contributed by atoms with Gasteiger partial charge < -0.3 is 15.0 Å². The van der Waals surface area contributed by atoms with E-state index in [4.69, 9.17) is 16.3 Å². The molecular weight excluding hydrogens is 314 g/mol. The lowest BCUT2D eigenvalue weighted by Crippen LogP contribution is -2.32. The van der Waals surface area contributed by atoms with Gasteiger partial charge in [0, 0.05) is 29.8 Å². The van der Waals surface area contributed by atoms with Gasteiger partial charge >= 0.3 is 0 Å². The van der Waals surface area contributed by atoms with Crippen LogP contribution in [-0.2, 0) is 0 Å². The molecule has 0 saturated heterocycles. The van der Waals surface area contributed by atoms with Crippen molar-refractivity contribution in [2.24, 2.45) is 0 Å². The number of halogens is 1. The quantitative estimate of drug-likeness (QED) is 0.757. The van der Waals surface area contributed by atoms with Crippen LogP contribution in [0.5, 0.6) is 5.75 Å². The number of para-hydroxylation sites is 1. The Morgan fingerprint density at radius 2 is 2.26 bits per heavy atom. The average Bonchev–Trinajstić information content (AvgIpc) is 3.00. The summed E-state index contributed by atoms with van der Waals surface area (Å²) in [5, 5.41) is 4.45. The summed E-state index contributed by atoms with van der Waals surface area (Å²) in [7, 11) is 0. The molecule has 0 saturated carbocycles. The van der Waals surface area contributed by atoms with Gasteiger partial charge in [-0.15, -0.1) is 0 Å². The fourth-order valence-corrected chi connectivity index (χ4v) is 3.15. The third-order valence-electron chi connectivity index (χ3n) is 4.03. The van der Waals surface area contributed by atoms with E-state index in [1.54, 1.807) is 18.5 Å². The largest absolute Gasteiger partial charge is 0.492 e. The second kappa shape index (κ2) is 5.59. The maximum absolute atomic E-state index is 12.7. The average molecular weight is 328 g/mol. The number of fused-ring (bicyclic) bond motifs is 2. The minimum atomic E-state index is -0.137. The summed E-state index contributed by atoms with van der Waals surface area (Å²) in [5.74, 6) is 0.522. The topological polar surface area (TPSA) is 67.0 Å². The van der Waals surface area contributed by atoms with Crippen molar-refractivity contribution in [3.63, 3.8) is 0 Å². The molecule has 1 atom stereocenters. The number of pyridine rings is 1. The molecule has 1 amide bonds. The van der Waals surface area contributed by atoms with Gasteiger partial charge in [-0.25, -0.2) is 4.98 Å². The molecule has 116 valence electrons. The van der Waals surface area contributed by atoms with E-state index in [1.165, 1.54) is 0 Å². The summed E-state index contributed by atoms with van der Waals surface area (Å²) in [5.41, 5.74) is 2.20. The van der Waals surface area contributed by atoms with Crippen molar-refractivity contribution in [2.45, 2.75) is 12.5 Å². The van der Waals surface area contributed by atoms with E-state index in [0.717, 1.165) is 10.9 Å². The Morgan fingerprint density at radius 1 is 1.35 bits per heavy atom. The summed E-state index contributed by atoms with van der Waals surface area (Å²) in [6.45, 7) is 0.525. The van der Waals surface area contributed by atoms with Gasteiger partial charge in [-0.2, -0.15) is 0 Å². The molecule has 5 nitrogen and oxygen atoms in total. The van der Waals surface area contributed by atoms with Crippen molar-refractivity contribution < 1.29 is 9.53 Å². The van der Waals surface area contributed by atoms with Crippen LogP contribution in [0.2, 0.25) is 5.02 Å². The van der Waals surface area contributed by atoms with Crippen LogP contribution in [0.1, 0.15) is 28.4 Å². The number of aromatic amines is 1. The molecule has 1 aromatic carbocycles. The monoisotopic (exact) mass is 327 g/mol. The first-order valence-electron chi connectivity index (χ1n) is 7.38. The van der Waals surface area contributed by atoms with Crippen molar-refractivity contribution in [3.05, 3.63) is 58.9 Å². The third kappa shape index (κ3) is 2.43. The number of hydrogen-bond acceptors (Lipinski definition) is 3. The van der Waals surface area contributed by atoms with E-state index in [0.29, 0.717) is 35.0 Å². The zero-order chi connectivity index (χ0) is 15.8. The highest BCUT2D eigenvalue weighted by Crippen LogP contribution is 2.37. The van der Waals surface area contributed by atoms with Crippen molar-refractivity contribution >= 4 is 28.5 Å². The zero-order valence-corrected chi connectivity index (χ0v) is 12.9. The molecule has 2 N–H and O–H groups in total. The summed E-state index contributed by atoms with van der Waals surface area (Å²) in [6.07, 6.45) is 4.09. The van der Waals surface area contributed by atoms with Gasteiger partial charge in [-0.3, -0.25) is 4.79 Å². The Hall–Kier alpha value is -2.53.